The molecule has 0 fully saturated rings. The van der Waals surface area contributed by atoms with Crippen LogP contribution in [-0.4, -0.2) is 34.8 Å². The lowest BCUT2D eigenvalue weighted by molar-refractivity contribution is 0.477. The number of thiophene rings is 1. The summed E-state index contributed by atoms with van der Waals surface area (Å²) in [5.74, 6) is 0. The van der Waals surface area contributed by atoms with Gasteiger partial charge in [0.2, 0.25) is 0 Å². The number of hydrogen-bond acceptors (Lipinski definition) is 6. The van der Waals surface area contributed by atoms with Crippen molar-refractivity contribution < 1.29 is 36.1 Å². The van der Waals surface area contributed by atoms with Crippen LogP contribution < -0.4 is 5.31 Å². The van der Waals surface area contributed by atoms with Crippen molar-refractivity contribution in [3.8, 4) is 0 Å². The molecule has 2 atom stereocenters. The summed E-state index contributed by atoms with van der Waals surface area (Å²) in [4.78, 5) is 0. The van der Waals surface area contributed by atoms with Gasteiger partial charge in [-0.15, -0.1) is 11.3 Å². The molecule has 0 bridgehead atoms. The molecule has 1 aromatic rings. The van der Waals surface area contributed by atoms with Crippen molar-refractivity contribution in [2.75, 3.05) is 12.8 Å². The Morgan fingerprint density at radius 3 is 3.16 bits per heavy atom. The molecule has 0 saturated heterocycles. The molecule has 0 saturated carbocycles. The van der Waals surface area contributed by atoms with Gasteiger partial charge < -0.3 is 5.31 Å². The first-order chi connectivity index (χ1) is 14.2. The van der Waals surface area contributed by atoms with Crippen LogP contribution in [0.2, 0.25) is 1.41 Å². The van der Waals surface area contributed by atoms with Gasteiger partial charge in [0, 0.05) is 27.4 Å². The lowest BCUT2D eigenvalue weighted by atomic mass is 10.1. The number of rotatable bonds is 3. The average Bonchev–Trinajstić information content (AvgIpc) is 2.94. The van der Waals surface area contributed by atoms with E-state index in [4.69, 9.17) is 19.2 Å². The summed E-state index contributed by atoms with van der Waals surface area (Å²) in [6, 6.07) is -5.34. The maximum Gasteiger partial charge on any atom is 0.190 e. The summed E-state index contributed by atoms with van der Waals surface area (Å²) in [7, 11) is -10.2. The molecule has 0 amide bonds. The summed E-state index contributed by atoms with van der Waals surface area (Å²) in [6.45, 7) is -11.8. The minimum Gasteiger partial charge on any atom is -0.310 e. The predicted molar refractivity (Wildman–Crippen MR) is 75.1 cm³/mol. The van der Waals surface area contributed by atoms with Gasteiger partial charge in [-0.05, 0) is 31.3 Å². The van der Waals surface area contributed by atoms with Gasteiger partial charge in [-0.1, -0.05) is 6.85 Å². The van der Waals surface area contributed by atoms with E-state index < -0.39 is 82.8 Å². The Bertz CT molecular complexity index is 1200. The van der Waals surface area contributed by atoms with E-state index in [1.54, 1.807) is 0 Å². The third kappa shape index (κ3) is 2.58. The van der Waals surface area contributed by atoms with E-state index in [1.807, 2.05) is 0 Å². The summed E-state index contributed by atoms with van der Waals surface area (Å²) in [6.07, 6.45) is -3.78. The Hall–Kier alpha value is -0.440. The van der Waals surface area contributed by atoms with Gasteiger partial charge in [-0.3, -0.25) is 0 Å². The highest BCUT2D eigenvalue weighted by molar-refractivity contribution is 7.96. The van der Waals surface area contributed by atoms with Crippen molar-refractivity contribution >= 4 is 31.0 Å². The first kappa shape index (κ1) is 5.08. The average molecular weight is 338 g/mol. The van der Waals surface area contributed by atoms with Crippen LogP contribution in [0.15, 0.2) is 14.5 Å². The normalized spacial score (nSPS) is 49.6. The van der Waals surface area contributed by atoms with Crippen molar-refractivity contribution in [2.45, 2.75) is 39.7 Å². The summed E-state index contributed by atoms with van der Waals surface area (Å²) in [5, 5.41) is -5.19. The van der Waals surface area contributed by atoms with Crippen LogP contribution in [0.1, 0.15) is 49.5 Å². The van der Waals surface area contributed by atoms with E-state index in [9.17, 15) is 16.8 Å². The second-order valence-electron chi connectivity index (χ2n) is 3.48. The van der Waals surface area contributed by atoms with Crippen LogP contribution in [0.4, 0.5) is 0 Å². The summed E-state index contributed by atoms with van der Waals surface area (Å²) < 4.78 is 158. The topological polar surface area (TPSA) is 80.3 Å². The second-order valence-corrected chi connectivity index (χ2v) is 8.79. The maximum atomic E-state index is 13.2. The molecular weight excluding hydrogens is 306 g/mol. The summed E-state index contributed by atoms with van der Waals surface area (Å²) in [5.41, 5.74) is -1.45. The standard InChI is InChI=1S/C11H17NO4S3/c1-4-12-9-5-7(2)19(15,16)11-8(9)6-10(17-11)18(3,13)14/h6-7,9,12H,4-5H2,1-3H3/t7-,9-/m0/s1/i1D3,2D3,4D2,5D2,6D,7D,9D/hD. The Morgan fingerprint density at radius 1 is 1.84 bits per heavy atom. The largest absolute Gasteiger partial charge is 0.310 e. The highest BCUT2D eigenvalue weighted by Gasteiger charge is 2.38. The minimum absolute atomic E-state index is 0.260. The fourth-order valence-corrected chi connectivity index (χ4v) is 4.94. The molecule has 1 aromatic heterocycles. The Morgan fingerprint density at radius 2 is 2.58 bits per heavy atom. The van der Waals surface area contributed by atoms with E-state index in [-0.39, 0.29) is 11.3 Å². The summed E-state index contributed by atoms with van der Waals surface area (Å²) >= 11 is -0.260. The number of sulfone groups is 2. The Balaban J connectivity index is 3.26. The van der Waals surface area contributed by atoms with E-state index in [2.05, 4.69) is 0 Å². The lowest BCUT2D eigenvalue weighted by Gasteiger charge is -2.27. The van der Waals surface area contributed by atoms with Crippen LogP contribution in [0, 0.1) is 0 Å². The van der Waals surface area contributed by atoms with Gasteiger partial charge >= 0.3 is 0 Å². The molecule has 0 aromatic carbocycles. The van der Waals surface area contributed by atoms with E-state index >= 15 is 0 Å². The molecule has 2 rings (SSSR count). The van der Waals surface area contributed by atoms with Gasteiger partial charge in [0.05, 0.1) is 7.97 Å². The number of hydrogen-bond donors (Lipinski definition) is 1. The third-order valence-corrected chi connectivity index (χ3v) is 6.95. The smallest absolute Gasteiger partial charge is 0.190 e. The fourth-order valence-electron chi connectivity index (χ4n) is 1.30. The predicted octanol–water partition coefficient (Wildman–Crippen LogP) is 1.37. The van der Waals surface area contributed by atoms with Crippen LogP contribution in [0.25, 0.3) is 0 Å². The third-order valence-electron chi connectivity index (χ3n) is 2.10. The molecule has 19 heavy (non-hydrogen) atoms. The van der Waals surface area contributed by atoms with Gasteiger partial charge in [-0.25, -0.2) is 16.8 Å². The van der Waals surface area contributed by atoms with Crippen LogP contribution in [0.3, 0.4) is 0 Å². The zero-order valence-electron chi connectivity index (χ0n) is 23.3. The molecule has 108 valence electrons. The van der Waals surface area contributed by atoms with E-state index in [1.165, 1.54) is 0 Å². The van der Waals surface area contributed by atoms with Crippen LogP contribution in [0.5, 0.6) is 0 Å². The lowest BCUT2D eigenvalue weighted by Crippen LogP contribution is -2.33. The molecule has 0 radical (unpaired) electrons. The monoisotopic (exact) mass is 337 g/mol. The quantitative estimate of drug-likeness (QED) is 0.901. The van der Waals surface area contributed by atoms with E-state index in [0.717, 1.165) is 0 Å². The molecule has 0 spiro atoms. The number of fused-ring (bicyclic) bond motifs is 1. The zero-order chi connectivity index (χ0) is 26.6. The minimum atomic E-state index is -5.73. The van der Waals surface area contributed by atoms with Crippen molar-refractivity contribution in [1.29, 1.82) is 0 Å². The molecule has 8 heteroatoms. The maximum absolute atomic E-state index is 13.2. The molecular formula is C11H17NO4S3. The molecule has 1 N–H and O–H groups in total. The fraction of sp³-hybridized carbons (Fsp3) is 0.636. The van der Waals surface area contributed by atoms with Gasteiger partial charge in [0.15, 0.2) is 19.7 Å². The van der Waals surface area contributed by atoms with Crippen LogP contribution >= 0.6 is 11.3 Å². The van der Waals surface area contributed by atoms with Gasteiger partial charge in [0.25, 0.3) is 0 Å². The Kier molecular flexibility index (Phi) is 1.29. The second kappa shape index (κ2) is 4.83. The first-order valence-corrected chi connectivity index (χ1v) is 8.73. The van der Waals surface area contributed by atoms with Crippen LogP contribution in [-0.2, 0) is 19.7 Å². The van der Waals surface area contributed by atoms with Crippen molar-refractivity contribution in [3.05, 3.63) is 11.6 Å². The number of nitrogens with one attached hydrogen (secondary N) is 1. The van der Waals surface area contributed by atoms with E-state index in [0.29, 0.717) is 6.26 Å². The Labute approximate surface area is 137 Å². The molecule has 1 aliphatic rings. The SMILES string of the molecule is [2H]c1c(S(C)(=O)=O)sc2c1[C@@]([2H])(N([2H])C([2H])([2H])C([2H])([2H])[2H])C([2H])([2H])[C@]([2H])(C([2H])([2H])[2H])S2(=O)=O. The molecule has 1 aliphatic heterocycles. The molecule has 5 nitrogen and oxygen atoms in total. The van der Waals surface area contributed by atoms with Gasteiger partial charge in [-0.2, -0.15) is 0 Å². The van der Waals surface area contributed by atoms with Crippen molar-refractivity contribution in [3.63, 3.8) is 0 Å². The van der Waals surface area contributed by atoms with Gasteiger partial charge in [0.1, 0.15) is 9.83 Å². The molecule has 0 unspecified atom stereocenters. The van der Waals surface area contributed by atoms with Crippen molar-refractivity contribution in [2.24, 2.45) is 0 Å². The van der Waals surface area contributed by atoms with Crippen molar-refractivity contribution in [1.82, 2.24) is 5.31 Å². The zero-order valence-corrected chi connectivity index (χ0v) is 11.8. The molecule has 0 aliphatic carbocycles. The first-order valence-electron chi connectivity index (χ1n) is 11.5. The highest BCUT2D eigenvalue weighted by Crippen LogP contribution is 2.42. The molecule has 2 heterocycles. The highest BCUT2D eigenvalue weighted by atomic mass is 32.3.